The molecule has 1 aliphatic rings. The number of carbonyl (C=O) groups is 2. The smallest absolute Gasteiger partial charge is 0.323 e. The number of nitrogens with one attached hydrogen (secondary N) is 2. The first-order valence-corrected chi connectivity index (χ1v) is 14.5. The van der Waals surface area contributed by atoms with E-state index in [1.165, 1.54) is 17.4 Å². The van der Waals surface area contributed by atoms with Gasteiger partial charge in [0.25, 0.3) is 5.91 Å². The van der Waals surface area contributed by atoms with E-state index in [1.807, 2.05) is 49.4 Å². The summed E-state index contributed by atoms with van der Waals surface area (Å²) in [6.07, 6.45) is 0.567. The number of aliphatic hydroxyl groups excluding tert-OH is 1. The first-order chi connectivity index (χ1) is 18.5. The summed E-state index contributed by atoms with van der Waals surface area (Å²) in [7, 11) is -1.97. The van der Waals surface area contributed by atoms with Crippen LogP contribution in [0.25, 0.3) is 10.8 Å². The molecule has 0 saturated carbocycles. The number of amides is 3. The third-order valence-electron chi connectivity index (χ3n) is 6.96. The normalized spacial score (nSPS) is 18.6. The second-order valence-corrected chi connectivity index (χ2v) is 12.1. The second kappa shape index (κ2) is 11.6. The summed E-state index contributed by atoms with van der Waals surface area (Å²) in [5, 5.41) is 17.4. The van der Waals surface area contributed by atoms with Crippen molar-refractivity contribution < 1.29 is 27.9 Å². The van der Waals surface area contributed by atoms with Gasteiger partial charge in [0.05, 0.1) is 36.7 Å². The Labute approximate surface area is 228 Å². The number of rotatable bonds is 7. The fourth-order valence-electron chi connectivity index (χ4n) is 4.53. The van der Waals surface area contributed by atoms with E-state index in [9.17, 15) is 23.1 Å². The van der Waals surface area contributed by atoms with E-state index < -0.39 is 28.2 Å². The van der Waals surface area contributed by atoms with Crippen LogP contribution in [-0.2, 0) is 10.0 Å². The molecule has 3 amide bonds. The molecule has 0 aromatic heterocycles. The van der Waals surface area contributed by atoms with Crippen LogP contribution in [0.5, 0.6) is 5.75 Å². The Morgan fingerprint density at radius 3 is 2.59 bits per heavy atom. The van der Waals surface area contributed by atoms with Gasteiger partial charge in [-0.25, -0.2) is 17.5 Å². The van der Waals surface area contributed by atoms with Crippen LogP contribution < -0.4 is 15.4 Å². The lowest BCUT2D eigenvalue weighted by Gasteiger charge is -2.38. The molecule has 0 fully saturated rings. The SMILES string of the molecule is C[C@@H]1CN([C@H](C)CO)C(=O)c2cc(NC(=O)Nc3cccc4ccccc34)ccc2O[C@@H]1CN(C)S(C)(=O)=O. The van der Waals surface area contributed by atoms with Gasteiger partial charge in [-0.05, 0) is 36.6 Å². The quantitative estimate of drug-likeness (QED) is 0.410. The van der Waals surface area contributed by atoms with Crippen LogP contribution in [0.15, 0.2) is 60.7 Å². The molecule has 1 heterocycles. The Hall–Kier alpha value is -3.67. The molecule has 1 aliphatic heterocycles. The molecule has 3 aromatic rings. The van der Waals surface area contributed by atoms with E-state index in [0.29, 0.717) is 11.4 Å². The fraction of sp³-hybridized carbons (Fsp3) is 0.357. The highest BCUT2D eigenvalue weighted by molar-refractivity contribution is 7.88. The average Bonchev–Trinajstić information content (AvgIpc) is 2.90. The van der Waals surface area contributed by atoms with Gasteiger partial charge in [-0.3, -0.25) is 4.79 Å². The maximum atomic E-state index is 13.6. The average molecular weight is 555 g/mol. The molecular formula is C28H34N4O6S. The number of anilines is 2. The first-order valence-electron chi connectivity index (χ1n) is 12.7. The zero-order valence-corrected chi connectivity index (χ0v) is 23.2. The summed E-state index contributed by atoms with van der Waals surface area (Å²) < 4.78 is 31.5. The van der Waals surface area contributed by atoms with E-state index >= 15 is 0 Å². The number of benzene rings is 3. The Balaban J connectivity index is 1.62. The van der Waals surface area contributed by atoms with Crippen molar-refractivity contribution in [1.82, 2.24) is 9.21 Å². The first kappa shape index (κ1) is 28.3. The van der Waals surface area contributed by atoms with E-state index in [4.69, 9.17) is 4.74 Å². The number of hydrogen-bond donors (Lipinski definition) is 3. The number of hydrogen-bond acceptors (Lipinski definition) is 6. The van der Waals surface area contributed by atoms with Crippen LogP contribution in [0.1, 0.15) is 24.2 Å². The summed E-state index contributed by atoms with van der Waals surface area (Å²) in [5.74, 6) is -0.315. The van der Waals surface area contributed by atoms with Crippen molar-refractivity contribution in [3.63, 3.8) is 0 Å². The minimum absolute atomic E-state index is 0.0857. The molecule has 3 N–H and O–H groups in total. The van der Waals surface area contributed by atoms with Gasteiger partial charge in [-0.2, -0.15) is 0 Å². The summed E-state index contributed by atoms with van der Waals surface area (Å²) in [6, 6.07) is 17.1. The van der Waals surface area contributed by atoms with Gasteiger partial charge >= 0.3 is 6.03 Å². The maximum absolute atomic E-state index is 13.6. The highest BCUT2D eigenvalue weighted by Gasteiger charge is 2.34. The van der Waals surface area contributed by atoms with Crippen molar-refractivity contribution in [3.05, 3.63) is 66.2 Å². The molecule has 0 unspecified atom stereocenters. The zero-order valence-electron chi connectivity index (χ0n) is 22.4. The predicted molar refractivity (Wildman–Crippen MR) is 152 cm³/mol. The van der Waals surface area contributed by atoms with Gasteiger partial charge in [0.1, 0.15) is 11.9 Å². The summed E-state index contributed by atoms with van der Waals surface area (Å²) in [5.41, 5.74) is 1.22. The summed E-state index contributed by atoms with van der Waals surface area (Å²) >= 11 is 0. The molecule has 0 bridgehead atoms. The maximum Gasteiger partial charge on any atom is 0.323 e. The highest BCUT2D eigenvalue weighted by atomic mass is 32.2. The van der Waals surface area contributed by atoms with Crippen molar-refractivity contribution in [2.75, 3.05) is 43.6 Å². The zero-order chi connectivity index (χ0) is 28.3. The Kier molecular flexibility index (Phi) is 8.43. The number of likely N-dealkylation sites (N-methyl/N-ethyl adjacent to an activating group) is 1. The van der Waals surface area contributed by atoms with Gasteiger partial charge in [-0.1, -0.05) is 43.3 Å². The molecule has 11 heteroatoms. The van der Waals surface area contributed by atoms with Gasteiger partial charge in [0.15, 0.2) is 0 Å². The van der Waals surface area contributed by atoms with E-state index in [0.717, 1.165) is 17.0 Å². The lowest BCUT2D eigenvalue weighted by Crippen LogP contribution is -2.50. The lowest BCUT2D eigenvalue weighted by atomic mass is 9.99. The third kappa shape index (κ3) is 6.49. The Morgan fingerprint density at radius 1 is 1.15 bits per heavy atom. The van der Waals surface area contributed by atoms with E-state index in [1.54, 1.807) is 24.0 Å². The fourth-order valence-corrected chi connectivity index (χ4v) is 4.94. The van der Waals surface area contributed by atoms with Crippen molar-refractivity contribution >= 4 is 44.1 Å². The second-order valence-electron chi connectivity index (χ2n) is 9.98. The molecule has 0 aliphatic carbocycles. The predicted octanol–water partition coefficient (Wildman–Crippen LogP) is 3.60. The van der Waals surface area contributed by atoms with Crippen LogP contribution >= 0.6 is 0 Å². The highest BCUT2D eigenvalue weighted by Crippen LogP contribution is 2.31. The lowest BCUT2D eigenvalue weighted by molar-refractivity contribution is 0.0387. The molecule has 0 spiro atoms. The van der Waals surface area contributed by atoms with Crippen LogP contribution in [0.4, 0.5) is 16.2 Å². The number of fused-ring (bicyclic) bond motifs is 2. The molecule has 3 atom stereocenters. The Bertz CT molecular complexity index is 1470. The number of aliphatic hydroxyl groups is 1. The van der Waals surface area contributed by atoms with Crippen molar-refractivity contribution in [1.29, 1.82) is 0 Å². The molecule has 4 rings (SSSR count). The standard InChI is InChI=1S/C28H34N4O6S/c1-18-15-32(19(2)17-33)27(34)23-14-21(12-13-25(23)38-26(18)16-31(3)39(4,36)37)29-28(35)30-24-11-7-9-20-8-5-6-10-22(20)24/h5-14,18-19,26,33H,15-17H2,1-4H3,(H2,29,30,35)/t18-,19-,26-/m1/s1. The number of sulfonamides is 1. The van der Waals surface area contributed by atoms with Crippen molar-refractivity contribution in [3.8, 4) is 5.75 Å². The number of carbonyl (C=O) groups excluding carboxylic acids is 2. The van der Waals surface area contributed by atoms with Crippen molar-refractivity contribution in [2.24, 2.45) is 5.92 Å². The van der Waals surface area contributed by atoms with Gasteiger partial charge in [-0.15, -0.1) is 0 Å². The number of nitrogens with zero attached hydrogens (tertiary/aromatic N) is 2. The minimum Gasteiger partial charge on any atom is -0.488 e. The minimum atomic E-state index is -3.45. The molecule has 208 valence electrons. The monoisotopic (exact) mass is 554 g/mol. The Morgan fingerprint density at radius 2 is 1.87 bits per heavy atom. The molecule has 0 saturated heterocycles. The number of ether oxygens (including phenoxy) is 1. The molecule has 0 radical (unpaired) electrons. The van der Waals surface area contributed by atoms with Crippen LogP contribution in [0, 0.1) is 5.92 Å². The van der Waals surface area contributed by atoms with Crippen LogP contribution in [-0.4, -0.2) is 79.8 Å². The van der Waals surface area contributed by atoms with Gasteiger partial charge in [0, 0.05) is 30.6 Å². The van der Waals surface area contributed by atoms with E-state index in [2.05, 4.69) is 10.6 Å². The largest absolute Gasteiger partial charge is 0.488 e. The van der Waals surface area contributed by atoms with E-state index in [-0.39, 0.29) is 42.8 Å². The van der Waals surface area contributed by atoms with Crippen LogP contribution in [0.3, 0.4) is 0 Å². The van der Waals surface area contributed by atoms with Gasteiger partial charge in [0.2, 0.25) is 10.0 Å². The molecule has 10 nitrogen and oxygen atoms in total. The molecule has 3 aromatic carbocycles. The van der Waals surface area contributed by atoms with Crippen molar-refractivity contribution in [2.45, 2.75) is 26.0 Å². The molecule has 39 heavy (non-hydrogen) atoms. The van der Waals surface area contributed by atoms with Gasteiger partial charge < -0.3 is 25.4 Å². The number of urea groups is 1. The summed E-state index contributed by atoms with van der Waals surface area (Å²) in [6.45, 7) is 3.71. The van der Waals surface area contributed by atoms with Crippen LogP contribution in [0.2, 0.25) is 0 Å². The summed E-state index contributed by atoms with van der Waals surface area (Å²) in [4.78, 5) is 28.0. The third-order valence-corrected chi connectivity index (χ3v) is 8.25. The molecular weight excluding hydrogens is 520 g/mol. The topological polar surface area (TPSA) is 128 Å².